The van der Waals surface area contributed by atoms with Gasteiger partial charge in [0.2, 0.25) is 0 Å². The van der Waals surface area contributed by atoms with Crippen LogP contribution in [0.5, 0.6) is 5.75 Å². The van der Waals surface area contributed by atoms with E-state index in [1.807, 2.05) is 12.1 Å². The van der Waals surface area contributed by atoms with E-state index in [1.165, 1.54) is 31.2 Å². The summed E-state index contributed by atoms with van der Waals surface area (Å²) in [6.45, 7) is 6.67. The van der Waals surface area contributed by atoms with Gasteiger partial charge >= 0.3 is 0 Å². The number of phenolic OH excluding ortho intramolecular Hbond substituents is 1. The van der Waals surface area contributed by atoms with Crippen LogP contribution in [0.15, 0.2) is 23.4 Å². The summed E-state index contributed by atoms with van der Waals surface area (Å²) < 4.78 is 0. The van der Waals surface area contributed by atoms with Gasteiger partial charge in [0, 0.05) is 5.56 Å². The van der Waals surface area contributed by atoms with Crippen molar-refractivity contribution in [3.8, 4) is 5.75 Å². The Morgan fingerprint density at radius 1 is 1.21 bits per heavy atom. The van der Waals surface area contributed by atoms with Crippen molar-refractivity contribution in [2.24, 2.45) is 5.18 Å². The third-order valence-electron chi connectivity index (χ3n) is 3.75. The second-order valence-corrected chi connectivity index (χ2v) is 5.83. The summed E-state index contributed by atoms with van der Waals surface area (Å²) in [4.78, 5) is 10.4. The molecule has 0 fully saturated rings. The molecule has 106 valence electrons. The van der Waals surface area contributed by atoms with Crippen LogP contribution in [0.1, 0.15) is 64.0 Å². The van der Waals surface area contributed by atoms with Crippen molar-refractivity contribution in [3.05, 3.63) is 34.2 Å². The van der Waals surface area contributed by atoms with Gasteiger partial charge in [0.15, 0.2) is 0 Å². The summed E-state index contributed by atoms with van der Waals surface area (Å²) in [6, 6.07) is 5.53. The predicted octanol–water partition coefficient (Wildman–Crippen LogP) is 4.91. The van der Waals surface area contributed by atoms with E-state index in [-0.39, 0.29) is 17.7 Å². The average Bonchev–Trinajstić information content (AvgIpc) is 2.37. The van der Waals surface area contributed by atoms with Gasteiger partial charge < -0.3 is 5.11 Å². The number of benzene rings is 1. The van der Waals surface area contributed by atoms with Gasteiger partial charge in [-0.05, 0) is 29.5 Å². The molecule has 0 aliphatic carbocycles. The van der Waals surface area contributed by atoms with Crippen molar-refractivity contribution in [1.82, 2.24) is 0 Å². The van der Waals surface area contributed by atoms with Gasteiger partial charge in [-0.2, -0.15) is 4.91 Å². The molecule has 0 heterocycles. The Bertz CT molecular complexity index is 413. The monoisotopic (exact) mass is 263 g/mol. The van der Waals surface area contributed by atoms with Gasteiger partial charge in [-0.3, -0.25) is 0 Å². The molecular weight excluding hydrogens is 238 g/mol. The Hall–Kier alpha value is -1.38. The Morgan fingerprint density at radius 3 is 2.58 bits per heavy atom. The third kappa shape index (κ3) is 4.66. The molecule has 19 heavy (non-hydrogen) atoms. The van der Waals surface area contributed by atoms with Gasteiger partial charge in [0.1, 0.15) is 12.3 Å². The Labute approximate surface area is 116 Å². The number of nitroso groups, excluding NO2 is 1. The average molecular weight is 263 g/mol. The zero-order chi connectivity index (χ0) is 14.3. The highest BCUT2D eigenvalue weighted by atomic mass is 16.3. The lowest BCUT2D eigenvalue weighted by Crippen LogP contribution is -2.17. The van der Waals surface area contributed by atoms with E-state index in [0.717, 1.165) is 6.42 Å². The molecule has 0 saturated heterocycles. The van der Waals surface area contributed by atoms with Crippen LogP contribution in [0, 0.1) is 4.91 Å². The molecule has 1 aromatic carbocycles. The molecule has 0 radical (unpaired) electrons. The van der Waals surface area contributed by atoms with Gasteiger partial charge in [0.05, 0.1) is 0 Å². The molecule has 0 atom stereocenters. The van der Waals surface area contributed by atoms with E-state index < -0.39 is 0 Å². The number of nitrogens with zero attached hydrogens (tertiary/aromatic N) is 1. The fraction of sp³-hybridized carbons (Fsp3) is 0.625. The molecule has 0 bridgehead atoms. The van der Waals surface area contributed by atoms with Crippen LogP contribution in [0.2, 0.25) is 0 Å². The fourth-order valence-electron chi connectivity index (χ4n) is 2.34. The molecule has 0 aromatic heterocycles. The van der Waals surface area contributed by atoms with Gasteiger partial charge in [-0.1, -0.05) is 57.7 Å². The minimum absolute atomic E-state index is 0.0333. The van der Waals surface area contributed by atoms with Crippen LogP contribution < -0.4 is 0 Å². The first kappa shape index (κ1) is 15.7. The number of unbranched alkanes of at least 4 members (excludes halogenated alkanes) is 3. The van der Waals surface area contributed by atoms with Crippen molar-refractivity contribution in [3.63, 3.8) is 0 Å². The van der Waals surface area contributed by atoms with Crippen LogP contribution in [0.3, 0.4) is 0 Å². The van der Waals surface area contributed by atoms with E-state index in [2.05, 4.69) is 25.9 Å². The SMILES string of the molecule is CCCCCCC(C)(C)c1ccc(O)c(CN=O)c1. The second-order valence-electron chi connectivity index (χ2n) is 5.83. The first-order valence-corrected chi connectivity index (χ1v) is 7.12. The van der Waals surface area contributed by atoms with E-state index in [1.54, 1.807) is 6.07 Å². The molecule has 3 heteroatoms. The smallest absolute Gasteiger partial charge is 0.120 e. The molecule has 0 aliphatic heterocycles. The first-order valence-electron chi connectivity index (χ1n) is 7.12. The molecule has 0 saturated carbocycles. The summed E-state index contributed by atoms with van der Waals surface area (Å²) >= 11 is 0. The van der Waals surface area contributed by atoms with E-state index in [9.17, 15) is 10.0 Å². The Balaban J connectivity index is 2.76. The van der Waals surface area contributed by atoms with Crippen LogP contribution in [-0.2, 0) is 12.0 Å². The Kier molecular flexibility index (Phi) is 6.00. The van der Waals surface area contributed by atoms with E-state index >= 15 is 0 Å². The molecule has 0 spiro atoms. The van der Waals surface area contributed by atoms with Gasteiger partial charge in [-0.15, -0.1) is 0 Å². The lowest BCUT2D eigenvalue weighted by atomic mass is 9.79. The van der Waals surface area contributed by atoms with Gasteiger partial charge in [-0.25, -0.2) is 0 Å². The first-order chi connectivity index (χ1) is 9.01. The van der Waals surface area contributed by atoms with Crippen LogP contribution in [0.4, 0.5) is 0 Å². The molecule has 0 unspecified atom stereocenters. The second kappa shape index (κ2) is 7.27. The van der Waals surface area contributed by atoms with Crippen LogP contribution in [0.25, 0.3) is 0 Å². The van der Waals surface area contributed by atoms with Crippen molar-refractivity contribution < 1.29 is 5.11 Å². The number of aromatic hydroxyl groups is 1. The summed E-state index contributed by atoms with van der Waals surface area (Å²) in [5, 5.41) is 12.5. The molecule has 0 aliphatic rings. The standard InChI is InChI=1S/C16H25NO2/c1-4-5-6-7-10-16(2,3)14-8-9-15(18)13(11-14)12-17-19/h8-9,11,18H,4-7,10,12H2,1-3H3. The zero-order valence-electron chi connectivity index (χ0n) is 12.3. The molecule has 1 rings (SSSR count). The quantitative estimate of drug-likeness (QED) is 0.535. The Morgan fingerprint density at radius 2 is 1.95 bits per heavy atom. The highest BCUT2D eigenvalue weighted by molar-refractivity contribution is 5.39. The number of hydrogen-bond acceptors (Lipinski definition) is 3. The minimum Gasteiger partial charge on any atom is -0.508 e. The number of rotatable bonds is 8. The molecule has 0 amide bonds. The van der Waals surface area contributed by atoms with Crippen molar-refractivity contribution >= 4 is 0 Å². The third-order valence-corrected chi connectivity index (χ3v) is 3.75. The number of phenols is 1. The maximum absolute atomic E-state index is 10.4. The van der Waals surface area contributed by atoms with Crippen LogP contribution in [-0.4, -0.2) is 5.11 Å². The van der Waals surface area contributed by atoms with E-state index in [4.69, 9.17) is 0 Å². The summed E-state index contributed by atoms with van der Waals surface area (Å²) in [7, 11) is 0. The molecule has 1 N–H and O–H groups in total. The van der Waals surface area contributed by atoms with Gasteiger partial charge in [0.25, 0.3) is 0 Å². The normalized spacial score (nSPS) is 11.5. The van der Waals surface area contributed by atoms with Crippen LogP contribution >= 0.6 is 0 Å². The molecule has 1 aromatic rings. The highest BCUT2D eigenvalue weighted by Crippen LogP contribution is 2.32. The number of hydrogen-bond donors (Lipinski definition) is 1. The lowest BCUT2D eigenvalue weighted by Gasteiger charge is -2.26. The van der Waals surface area contributed by atoms with Crippen molar-refractivity contribution in [2.45, 2.75) is 64.8 Å². The zero-order valence-corrected chi connectivity index (χ0v) is 12.3. The van der Waals surface area contributed by atoms with Crippen molar-refractivity contribution in [1.29, 1.82) is 0 Å². The van der Waals surface area contributed by atoms with Crippen molar-refractivity contribution in [2.75, 3.05) is 0 Å². The topological polar surface area (TPSA) is 49.7 Å². The maximum atomic E-state index is 10.4. The molecular formula is C16H25NO2. The highest BCUT2D eigenvalue weighted by Gasteiger charge is 2.21. The van der Waals surface area contributed by atoms with E-state index in [0.29, 0.717) is 5.56 Å². The predicted molar refractivity (Wildman–Crippen MR) is 79.4 cm³/mol. The summed E-state index contributed by atoms with van der Waals surface area (Å²) in [5.41, 5.74) is 1.86. The summed E-state index contributed by atoms with van der Waals surface area (Å²) in [6.07, 6.45) is 6.12. The fourth-order valence-corrected chi connectivity index (χ4v) is 2.34. The molecule has 3 nitrogen and oxygen atoms in total. The lowest BCUT2D eigenvalue weighted by molar-refractivity contribution is 0.441. The minimum atomic E-state index is 0.0333. The largest absolute Gasteiger partial charge is 0.508 e. The summed E-state index contributed by atoms with van der Waals surface area (Å²) in [5.74, 6) is 0.158. The maximum Gasteiger partial charge on any atom is 0.120 e.